The number of nitrogens with zero attached hydrogens (tertiary/aromatic N) is 1. The second-order valence-electron chi connectivity index (χ2n) is 7.67. The number of amides is 3. The quantitative estimate of drug-likeness (QED) is 0.307. The molecule has 0 radical (unpaired) electrons. The molecule has 0 aromatic heterocycles. The SMILES string of the molecule is CCOc1cc(/C=N/NC(=O)C(=O)NC2CC2)ccc1OCC(=O)Nc1cccc(C)c1C. The van der Waals surface area contributed by atoms with E-state index < -0.39 is 11.8 Å². The lowest BCUT2D eigenvalue weighted by molar-refractivity contribution is -0.139. The molecule has 0 saturated heterocycles. The Hall–Kier alpha value is -3.88. The van der Waals surface area contributed by atoms with Crippen molar-refractivity contribution in [2.75, 3.05) is 18.5 Å². The Kier molecular flexibility index (Phi) is 8.01. The molecule has 1 aliphatic rings. The van der Waals surface area contributed by atoms with E-state index in [1.54, 1.807) is 18.2 Å². The number of anilines is 1. The molecule has 33 heavy (non-hydrogen) atoms. The maximum atomic E-state index is 12.3. The number of aryl methyl sites for hydroxylation is 1. The highest BCUT2D eigenvalue weighted by atomic mass is 16.5. The number of ether oxygens (including phenoxy) is 2. The summed E-state index contributed by atoms with van der Waals surface area (Å²) in [4.78, 5) is 35.7. The van der Waals surface area contributed by atoms with Gasteiger partial charge < -0.3 is 20.1 Å². The Balaban J connectivity index is 1.57. The number of carbonyl (C=O) groups excluding carboxylic acids is 3. The van der Waals surface area contributed by atoms with Gasteiger partial charge in [0.15, 0.2) is 18.1 Å². The van der Waals surface area contributed by atoms with Crippen LogP contribution in [0.1, 0.15) is 36.5 Å². The van der Waals surface area contributed by atoms with Crippen molar-refractivity contribution in [3.05, 3.63) is 53.1 Å². The molecule has 0 atom stereocenters. The normalized spacial score (nSPS) is 12.8. The Labute approximate surface area is 192 Å². The summed E-state index contributed by atoms with van der Waals surface area (Å²) >= 11 is 0. The van der Waals surface area contributed by atoms with Crippen LogP contribution in [-0.2, 0) is 14.4 Å². The molecule has 0 bridgehead atoms. The third-order valence-electron chi connectivity index (χ3n) is 5.00. The van der Waals surface area contributed by atoms with Crippen LogP contribution in [0.5, 0.6) is 11.5 Å². The third kappa shape index (κ3) is 7.06. The smallest absolute Gasteiger partial charge is 0.329 e. The van der Waals surface area contributed by atoms with Crippen molar-refractivity contribution in [1.82, 2.24) is 10.7 Å². The van der Waals surface area contributed by atoms with Gasteiger partial charge in [0.25, 0.3) is 5.91 Å². The largest absolute Gasteiger partial charge is 0.490 e. The first kappa shape index (κ1) is 23.8. The van der Waals surface area contributed by atoms with Crippen LogP contribution in [0.25, 0.3) is 0 Å². The van der Waals surface area contributed by atoms with Gasteiger partial charge in [0, 0.05) is 11.7 Å². The van der Waals surface area contributed by atoms with Gasteiger partial charge in [-0.1, -0.05) is 12.1 Å². The number of rotatable bonds is 9. The molecule has 3 N–H and O–H groups in total. The highest BCUT2D eigenvalue weighted by Gasteiger charge is 2.26. The van der Waals surface area contributed by atoms with Crippen LogP contribution in [0.15, 0.2) is 41.5 Å². The zero-order chi connectivity index (χ0) is 23.8. The van der Waals surface area contributed by atoms with Crippen molar-refractivity contribution in [1.29, 1.82) is 0 Å². The molecular weight excluding hydrogens is 424 g/mol. The minimum Gasteiger partial charge on any atom is -0.490 e. The molecule has 9 nitrogen and oxygen atoms in total. The summed E-state index contributed by atoms with van der Waals surface area (Å²) in [7, 11) is 0. The standard InChI is InChI=1S/C24H28N4O5/c1-4-32-21-12-17(13-25-28-24(31)23(30)26-18-9-10-18)8-11-20(21)33-14-22(29)27-19-7-5-6-15(2)16(19)3/h5-8,11-13,18H,4,9-10,14H2,1-3H3,(H,26,30)(H,27,29)(H,28,31)/b25-13+. The fraction of sp³-hybridized carbons (Fsp3) is 0.333. The lowest BCUT2D eigenvalue weighted by Crippen LogP contribution is -2.38. The Morgan fingerprint density at radius 3 is 2.58 bits per heavy atom. The van der Waals surface area contributed by atoms with Gasteiger partial charge in [-0.25, -0.2) is 5.43 Å². The molecule has 1 fully saturated rings. The molecule has 2 aromatic rings. The predicted octanol–water partition coefficient (Wildman–Crippen LogP) is 2.45. The summed E-state index contributed by atoms with van der Waals surface area (Å²) in [6, 6.07) is 10.8. The van der Waals surface area contributed by atoms with Crippen LogP contribution in [0, 0.1) is 13.8 Å². The number of hydrazone groups is 1. The van der Waals surface area contributed by atoms with Gasteiger partial charge in [0.2, 0.25) is 0 Å². The fourth-order valence-corrected chi connectivity index (χ4v) is 2.90. The minimum absolute atomic E-state index is 0.0939. The van der Waals surface area contributed by atoms with Gasteiger partial charge in [-0.05, 0) is 74.6 Å². The van der Waals surface area contributed by atoms with Gasteiger partial charge in [0.05, 0.1) is 12.8 Å². The summed E-state index contributed by atoms with van der Waals surface area (Å²) in [5.41, 5.74) is 5.65. The molecule has 0 heterocycles. The summed E-state index contributed by atoms with van der Waals surface area (Å²) in [5, 5.41) is 9.25. The minimum atomic E-state index is -0.821. The van der Waals surface area contributed by atoms with E-state index in [2.05, 4.69) is 21.2 Å². The van der Waals surface area contributed by atoms with E-state index in [1.807, 2.05) is 39.0 Å². The summed E-state index contributed by atoms with van der Waals surface area (Å²) < 4.78 is 11.3. The van der Waals surface area contributed by atoms with Crippen molar-refractivity contribution < 1.29 is 23.9 Å². The highest BCUT2D eigenvalue weighted by molar-refractivity contribution is 6.35. The van der Waals surface area contributed by atoms with E-state index in [4.69, 9.17) is 9.47 Å². The highest BCUT2D eigenvalue weighted by Crippen LogP contribution is 2.28. The summed E-state index contributed by atoms with van der Waals surface area (Å²) in [6.45, 7) is 5.96. The monoisotopic (exact) mass is 452 g/mol. The topological polar surface area (TPSA) is 118 Å². The fourth-order valence-electron chi connectivity index (χ4n) is 2.90. The van der Waals surface area contributed by atoms with Crippen molar-refractivity contribution in [2.45, 2.75) is 39.7 Å². The molecule has 174 valence electrons. The molecule has 0 unspecified atom stereocenters. The zero-order valence-electron chi connectivity index (χ0n) is 18.9. The van der Waals surface area contributed by atoms with E-state index in [9.17, 15) is 14.4 Å². The summed E-state index contributed by atoms with van der Waals surface area (Å²) in [6.07, 6.45) is 3.18. The third-order valence-corrected chi connectivity index (χ3v) is 5.00. The van der Waals surface area contributed by atoms with Crippen LogP contribution < -0.4 is 25.5 Å². The van der Waals surface area contributed by atoms with Crippen LogP contribution in [-0.4, -0.2) is 43.2 Å². The number of hydrogen-bond donors (Lipinski definition) is 3. The molecule has 9 heteroatoms. The molecular formula is C24H28N4O5. The van der Waals surface area contributed by atoms with E-state index >= 15 is 0 Å². The van der Waals surface area contributed by atoms with Crippen LogP contribution in [0.2, 0.25) is 0 Å². The lowest BCUT2D eigenvalue weighted by Gasteiger charge is -2.14. The van der Waals surface area contributed by atoms with E-state index in [1.165, 1.54) is 6.21 Å². The molecule has 1 aliphatic carbocycles. The number of nitrogens with one attached hydrogen (secondary N) is 3. The first-order valence-electron chi connectivity index (χ1n) is 10.8. The first-order chi connectivity index (χ1) is 15.9. The average Bonchev–Trinajstić information content (AvgIpc) is 3.60. The van der Waals surface area contributed by atoms with E-state index in [-0.39, 0.29) is 18.6 Å². The Bertz CT molecular complexity index is 1060. The molecule has 2 aromatic carbocycles. The molecule has 3 amide bonds. The number of carbonyl (C=O) groups is 3. The molecule has 1 saturated carbocycles. The van der Waals surface area contributed by atoms with E-state index in [0.29, 0.717) is 23.7 Å². The van der Waals surface area contributed by atoms with Gasteiger partial charge in [-0.3, -0.25) is 14.4 Å². The van der Waals surface area contributed by atoms with Crippen LogP contribution in [0.3, 0.4) is 0 Å². The van der Waals surface area contributed by atoms with Gasteiger partial charge in [-0.15, -0.1) is 0 Å². The van der Waals surface area contributed by atoms with Gasteiger partial charge >= 0.3 is 11.8 Å². The van der Waals surface area contributed by atoms with Crippen LogP contribution >= 0.6 is 0 Å². The second-order valence-corrected chi connectivity index (χ2v) is 7.67. The zero-order valence-corrected chi connectivity index (χ0v) is 18.9. The lowest BCUT2D eigenvalue weighted by atomic mass is 10.1. The van der Waals surface area contributed by atoms with Crippen molar-refractivity contribution in [3.8, 4) is 11.5 Å². The summed E-state index contributed by atoms with van der Waals surface area (Å²) in [5.74, 6) is -0.980. The average molecular weight is 453 g/mol. The van der Waals surface area contributed by atoms with E-state index in [0.717, 1.165) is 29.7 Å². The maximum Gasteiger partial charge on any atom is 0.329 e. The Morgan fingerprint density at radius 2 is 1.85 bits per heavy atom. The van der Waals surface area contributed by atoms with Gasteiger partial charge in [0.1, 0.15) is 0 Å². The van der Waals surface area contributed by atoms with Crippen molar-refractivity contribution in [2.24, 2.45) is 5.10 Å². The first-order valence-corrected chi connectivity index (χ1v) is 10.8. The second kappa shape index (κ2) is 11.1. The number of hydrogen-bond acceptors (Lipinski definition) is 6. The Morgan fingerprint density at radius 1 is 1.06 bits per heavy atom. The van der Waals surface area contributed by atoms with Gasteiger partial charge in [-0.2, -0.15) is 5.10 Å². The maximum absolute atomic E-state index is 12.3. The van der Waals surface area contributed by atoms with Crippen molar-refractivity contribution >= 4 is 29.6 Å². The molecule has 3 rings (SSSR count). The molecule has 0 aliphatic heterocycles. The van der Waals surface area contributed by atoms with Crippen molar-refractivity contribution in [3.63, 3.8) is 0 Å². The van der Waals surface area contributed by atoms with Crippen LogP contribution in [0.4, 0.5) is 5.69 Å². The molecule has 0 spiro atoms. The predicted molar refractivity (Wildman–Crippen MR) is 125 cm³/mol. The number of benzene rings is 2.